The molecule has 1 saturated carbocycles. The van der Waals surface area contributed by atoms with Gasteiger partial charge in [-0.1, -0.05) is 30.8 Å². The van der Waals surface area contributed by atoms with Gasteiger partial charge < -0.3 is 10.5 Å². The molecule has 1 aliphatic carbocycles. The Hall–Kier alpha value is -1.09. The summed E-state index contributed by atoms with van der Waals surface area (Å²) in [5, 5.41) is 0. The predicted molar refractivity (Wildman–Crippen MR) is 79.1 cm³/mol. The van der Waals surface area contributed by atoms with Crippen molar-refractivity contribution in [1.82, 2.24) is 0 Å². The highest BCUT2D eigenvalue weighted by atomic mass is 32.1. The maximum atomic E-state index is 6.08. The monoisotopic (exact) mass is 263 g/mol. The van der Waals surface area contributed by atoms with Crippen LogP contribution in [0.15, 0.2) is 18.2 Å². The van der Waals surface area contributed by atoms with Crippen molar-refractivity contribution >= 4 is 17.2 Å². The molecule has 1 aromatic carbocycles. The van der Waals surface area contributed by atoms with E-state index in [9.17, 15) is 0 Å². The van der Waals surface area contributed by atoms with E-state index < -0.39 is 0 Å². The molecule has 0 aromatic heterocycles. The zero-order chi connectivity index (χ0) is 13.1. The molecule has 1 fully saturated rings. The van der Waals surface area contributed by atoms with Crippen LogP contribution in [0.2, 0.25) is 0 Å². The first kappa shape index (κ1) is 13.3. The molecule has 1 aliphatic rings. The van der Waals surface area contributed by atoms with Gasteiger partial charge in [-0.05, 0) is 50.7 Å². The van der Waals surface area contributed by atoms with E-state index >= 15 is 0 Å². The molecule has 3 heteroatoms. The van der Waals surface area contributed by atoms with Crippen LogP contribution < -0.4 is 10.5 Å². The highest BCUT2D eigenvalue weighted by Crippen LogP contribution is 2.29. The van der Waals surface area contributed by atoms with Crippen LogP contribution in [0.1, 0.15) is 43.7 Å². The Morgan fingerprint density at radius 3 is 2.56 bits per heavy atom. The van der Waals surface area contributed by atoms with E-state index in [0.717, 1.165) is 35.6 Å². The summed E-state index contributed by atoms with van der Waals surface area (Å²) >= 11 is 5.09. The van der Waals surface area contributed by atoms with Crippen LogP contribution in [0.5, 0.6) is 5.75 Å². The van der Waals surface area contributed by atoms with Gasteiger partial charge in [0.1, 0.15) is 10.7 Å². The topological polar surface area (TPSA) is 35.2 Å². The number of benzene rings is 1. The average Bonchev–Trinajstić information content (AvgIpc) is 2.34. The average molecular weight is 263 g/mol. The summed E-state index contributed by atoms with van der Waals surface area (Å²) in [6, 6.07) is 6.04. The Labute approximate surface area is 115 Å². The Morgan fingerprint density at radius 2 is 1.94 bits per heavy atom. The maximum absolute atomic E-state index is 6.08. The first-order valence-corrected chi connectivity index (χ1v) is 7.04. The fraction of sp³-hybridized carbons (Fsp3) is 0.533. The molecule has 0 bridgehead atoms. The van der Waals surface area contributed by atoms with Crippen molar-refractivity contribution in [1.29, 1.82) is 0 Å². The fourth-order valence-corrected chi connectivity index (χ4v) is 2.63. The molecule has 0 saturated heterocycles. The Kier molecular flexibility index (Phi) is 4.23. The molecule has 0 radical (unpaired) electrons. The minimum absolute atomic E-state index is 0.317. The molecule has 0 aliphatic heterocycles. The molecule has 0 unspecified atom stereocenters. The fourth-order valence-electron chi connectivity index (χ4n) is 2.47. The van der Waals surface area contributed by atoms with Crippen molar-refractivity contribution in [2.45, 2.75) is 45.6 Å². The summed E-state index contributed by atoms with van der Waals surface area (Å²) in [6.07, 6.45) is 5.08. The Balaban J connectivity index is 2.11. The van der Waals surface area contributed by atoms with Gasteiger partial charge in [-0.3, -0.25) is 0 Å². The first-order valence-electron chi connectivity index (χ1n) is 6.63. The van der Waals surface area contributed by atoms with E-state index in [-0.39, 0.29) is 0 Å². The van der Waals surface area contributed by atoms with Crippen molar-refractivity contribution in [3.8, 4) is 5.75 Å². The first-order chi connectivity index (χ1) is 8.56. The van der Waals surface area contributed by atoms with Gasteiger partial charge in [0, 0.05) is 0 Å². The van der Waals surface area contributed by atoms with Gasteiger partial charge in [0.2, 0.25) is 0 Å². The lowest BCUT2D eigenvalue weighted by Crippen LogP contribution is -2.24. The minimum atomic E-state index is 0.317. The van der Waals surface area contributed by atoms with Crippen LogP contribution in [0.25, 0.3) is 0 Å². The van der Waals surface area contributed by atoms with Gasteiger partial charge in [0.05, 0.1) is 11.7 Å². The smallest absolute Gasteiger partial charge is 0.129 e. The summed E-state index contributed by atoms with van der Waals surface area (Å²) in [6.45, 7) is 4.34. The van der Waals surface area contributed by atoms with Gasteiger partial charge in [-0.15, -0.1) is 0 Å². The largest absolute Gasteiger partial charge is 0.490 e. The predicted octanol–water partition coefficient (Wildman–Crippen LogP) is 3.59. The quantitative estimate of drug-likeness (QED) is 0.846. The summed E-state index contributed by atoms with van der Waals surface area (Å²) in [5.74, 6) is 1.67. The van der Waals surface area contributed by atoms with Gasteiger partial charge in [-0.25, -0.2) is 0 Å². The summed E-state index contributed by atoms with van der Waals surface area (Å²) < 4.78 is 6.08. The third-order valence-corrected chi connectivity index (χ3v) is 3.88. The number of ether oxygens (including phenoxy) is 1. The highest BCUT2D eigenvalue weighted by molar-refractivity contribution is 7.80. The molecular weight excluding hydrogens is 242 g/mol. The van der Waals surface area contributed by atoms with Crippen LogP contribution in [-0.4, -0.2) is 11.1 Å². The van der Waals surface area contributed by atoms with Crippen LogP contribution >= 0.6 is 12.2 Å². The number of thiocarbonyl (C=S) groups is 1. The number of nitrogens with two attached hydrogens (primary N) is 1. The van der Waals surface area contributed by atoms with E-state index in [1.165, 1.54) is 12.8 Å². The van der Waals surface area contributed by atoms with Crippen LogP contribution in [0, 0.1) is 12.8 Å². The molecule has 1 aromatic rings. The molecule has 0 spiro atoms. The van der Waals surface area contributed by atoms with E-state index in [1.807, 2.05) is 25.1 Å². The zero-order valence-electron chi connectivity index (χ0n) is 11.1. The van der Waals surface area contributed by atoms with E-state index in [1.54, 1.807) is 0 Å². The normalized spacial score (nSPS) is 23.7. The molecule has 18 heavy (non-hydrogen) atoms. The van der Waals surface area contributed by atoms with E-state index in [2.05, 4.69) is 6.92 Å². The number of hydrogen-bond acceptors (Lipinski definition) is 2. The molecule has 0 heterocycles. The molecule has 2 rings (SSSR count). The third kappa shape index (κ3) is 3.22. The highest BCUT2D eigenvalue weighted by Gasteiger charge is 2.20. The maximum Gasteiger partial charge on any atom is 0.129 e. The van der Waals surface area contributed by atoms with Crippen LogP contribution in [0.4, 0.5) is 0 Å². The summed E-state index contributed by atoms with van der Waals surface area (Å²) in [5.41, 5.74) is 7.78. The lowest BCUT2D eigenvalue weighted by atomic mass is 9.89. The Bertz CT molecular complexity index is 436. The van der Waals surface area contributed by atoms with E-state index in [4.69, 9.17) is 22.7 Å². The van der Waals surface area contributed by atoms with Gasteiger partial charge in [-0.2, -0.15) is 0 Å². The van der Waals surface area contributed by atoms with Gasteiger partial charge in [0.25, 0.3) is 0 Å². The van der Waals surface area contributed by atoms with Crippen LogP contribution in [-0.2, 0) is 0 Å². The lowest BCUT2D eigenvalue weighted by molar-refractivity contribution is 0.135. The second kappa shape index (κ2) is 5.70. The van der Waals surface area contributed by atoms with Gasteiger partial charge in [0.15, 0.2) is 0 Å². The second-order valence-corrected chi connectivity index (χ2v) is 5.80. The van der Waals surface area contributed by atoms with E-state index in [0.29, 0.717) is 11.1 Å². The minimum Gasteiger partial charge on any atom is -0.490 e. The summed E-state index contributed by atoms with van der Waals surface area (Å²) in [7, 11) is 0. The van der Waals surface area contributed by atoms with Crippen LogP contribution in [0.3, 0.4) is 0 Å². The number of hydrogen-bond donors (Lipinski definition) is 1. The molecule has 0 atom stereocenters. The molecule has 2 nitrogen and oxygen atoms in total. The SMILES string of the molecule is Cc1ccc(OC2CCC(C)CC2)c(C(N)=S)c1. The number of aryl methyl sites for hydroxylation is 1. The third-order valence-electron chi connectivity index (χ3n) is 3.66. The summed E-state index contributed by atoms with van der Waals surface area (Å²) in [4.78, 5) is 0.415. The molecule has 2 N–H and O–H groups in total. The van der Waals surface area contributed by atoms with Crippen molar-refractivity contribution in [3.05, 3.63) is 29.3 Å². The van der Waals surface area contributed by atoms with Gasteiger partial charge >= 0.3 is 0 Å². The van der Waals surface area contributed by atoms with Crippen molar-refractivity contribution < 1.29 is 4.74 Å². The second-order valence-electron chi connectivity index (χ2n) is 5.36. The molecule has 98 valence electrons. The Morgan fingerprint density at radius 1 is 1.28 bits per heavy atom. The lowest BCUT2D eigenvalue weighted by Gasteiger charge is -2.27. The van der Waals surface area contributed by atoms with Crippen molar-refractivity contribution in [2.75, 3.05) is 0 Å². The van der Waals surface area contributed by atoms with Crippen molar-refractivity contribution in [3.63, 3.8) is 0 Å². The number of rotatable bonds is 3. The van der Waals surface area contributed by atoms with Crippen molar-refractivity contribution in [2.24, 2.45) is 11.7 Å². The standard InChI is InChI=1S/C15H21NOS/c1-10-3-6-12(7-4-10)17-14-8-5-11(2)9-13(14)15(16)18/h5,8-10,12H,3-4,6-7H2,1-2H3,(H2,16,18). The molecular formula is C15H21NOS. The zero-order valence-corrected chi connectivity index (χ0v) is 11.9. The molecule has 0 amide bonds.